The van der Waals surface area contributed by atoms with Crippen LogP contribution in [0.2, 0.25) is 0 Å². The number of rotatable bonds is 10. The monoisotopic (exact) mass is 415 g/mol. The fourth-order valence-corrected chi connectivity index (χ4v) is 2.58. The number of hydrazone groups is 1. The van der Waals surface area contributed by atoms with Crippen LogP contribution in [0.5, 0.6) is 17.2 Å². The van der Waals surface area contributed by atoms with Crippen molar-refractivity contribution in [2.45, 2.75) is 33.1 Å². The van der Waals surface area contributed by atoms with E-state index in [0.717, 1.165) is 12.5 Å². The molecule has 2 rings (SSSR count). The second kappa shape index (κ2) is 10.8. The summed E-state index contributed by atoms with van der Waals surface area (Å²) in [4.78, 5) is 22.2. The van der Waals surface area contributed by atoms with Gasteiger partial charge in [0.25, 0.3) is 5.91 Å². The number of nitrogens with one attached hydrogen (secondary N) is 1. The first-order valence-electron chi connectivity index (χ1n) is 9.54. The lowest BCUT2D eigenvalue weighted by Gasteiger charge is -2.10. The molecule has 0 aliphatic carbocycles. The molecule has 30 heavy (non-hydrogen) atoms. The van der Waals surface area contributed by atoms with Gasteiger partial charge >= 0.3 is 5.69 Å². The molecule has 2 aromatic carbocycles. The minimum Gasteiger partial charge on any atom is -0.500 e. The summed E-state index contributed by atoms with van der Waals surface area (Å²) < 4.78 is 10.6. The molecule has 0 spiro atoms. The van der Waals surface area contributed by atoms with Crippen molar-refractivity contribution in [2.75, 3.05) is 13.2 Å². The average Bonchev–Trinajstić information content (AvgIpc) is 2.74. The lowest BCUT2D eigenvalue weighted by molar-refractivity contribution is -0.386. The third kappa shape index (κ3) is 6.20. The molecule has 0 radical (unpaired) electrons. The molecular formula is C21H25N3O6. The van der Waals surface area contributed by atoms with E-state index < -0.39 is 22.3 Å². The number of ether oxygens (including phenoxy) is 2. The number of phenols is 1. The Balaban J connectivity index is 1.95. The first kappa shape index (κ1) is 22.7. The SMILES string of the molecule is CCOc1cc(/C=N\NC(=O)COc2ccc([C@H](C)CC)cc2)cc([N+](=O)[O-])c1O. The Labute approximate surface area is 174 Å². The number of aromatic hydroxyl groups is 1. The van der Waals surface area contributed by atoms with Crippen LogP contribution in [0, 0.1) is 10.1 Å². The van der Waals surface area contributed by atoms with Crippen LogP contribution in [-0.2, 0) is 4.79 Å². The van der Waals surface area contributed by atoms with Crippen molar-refractivity contribution >= 4 is 17.8 Å². The number of carbonyl (C=O) groups is 1. The second-order valence-electron chi connectivity index (χ2n) is 6.54. The van der Waals surface area contributed by atoms with Gasteiger partial charge in [0.15, 0.2) is 12.4 Å². The molecule has 0 heterocycles. The van der Waals surface area contributed by atoms with Crippen LogP contribution < -0.4 is 14.9 Å². The molecule has 2 aromatic rings. The maximum Gasteiger partial charge on any atom is 0.315 e. The second-order valence-corrected chi connectivity index (χ2v) is 6.54. The van der Waals surface area contributed by atoms with Crippen LogP contribution >= 0.6 is 0 Å². The van der Waals surface area contributed by atoms with E-state index in [1.165, 1.54) is 17.8 Å². The molecule has 0 saturated heterocycles. The molecule has 0 aromatic heterocycles. The fraction of sp³-hybridized carbons (Fsp3) is 0.333. The third-order valence-corrected chi connectivity index (χ3v) is 4.41. The normalized spacial score (nSPS) is 11.8. The summed E-state index contributed by atoms with van der Waals surface area (Å²) >= 11 is 0. The van der Waals surface area contributed by atoms with E-state index in [-0.39, 0.29) is 24.5 Å². The number of hydrogen-bond acceptors (Lipinski definition) is 7. The van der Waals surface area contributed by atoms with Gasteiger partial charge < -0.3 is 14.6 Å². The van der Waals surface area contributed by atoms with E-state index in [0.29, 0.717) is 11.7 Å². The van der Waals surface area contributed by atoms with Crippen molar-refractivity contribution in [1.29, 1.82) is 0 Å². The highest BCUT2D eigenvalue weighted by atomic mass is 16.6. The van der Waals surface area contributed by atoms with Gasteiger partial charge in [0.1, 0.15) is 5.75 Å². The van der Waals surface area contributed by atoms with Crippen molar-refractivity contribution < 1.29 is 24.3 Å². The zero-order valence-electron chi connectivity index (χ0n) is 17.1. The molecule has 0 saturated carbocycles. The first-order chi connectivity index (χ1) is 14.3. The Hall–Kier alpha value is -3.62. The number of phenolic OH excluding ortho intramolecular Hbond substituents is 1. The largest absolute Gasteiger partial charge is 0.500 e. The van der Waals surface area contributed by atoms with E-state index >= 15 is 0 Å². The Morgan fingerprint density at radius 1 is 1.27 bits per heavy atom. The van der Waals surface area contributed by atoms with Crippen molar-refractivity contribution in [3.8, 4) is 17.2 Å². The molecule has 0 aliphatic heterocycles. The third-order valence-electron chi connectivity index (χ3n) is 4.41. The van der Waals surface area contributed by atoms with Gasteiger partial charge in [0.2, 0.25) is 5.75 Å². The molecule has 160 valence electrons. The molecule has 0 aliphatic rings. The Morgan fingerprint density at radius 3 is 2.57 bits per heavy atom. The predicted molar refractivity (Wildman–Crippen MR) is 112 cm³/mol. The van der Waals surface area contributed by atoms with Crippen LogP contribution in [-0.4, -0.2) is 35.4 Å². The minimum atomic E-state index is -0.728. The smallest absolute Gasteiger partial charge is 0.315 e. The number of amides is 1. The van der Waals surface area contributed by atoms with E-state index in [1.807, 2.05) is 24.3 Å². The van der Waals surface area contributed by atoms with Gasteiger partial charge in [-0.25, -0.2) is 5.43 Å². The van der Waals surface area contributed by atoms with Gasteiger partial charge in [-0.1, -0.05) is 26.0 Å². The van der Waals surface area contributed by atoms with E-state index in [2.05, 4.69) is 24.4 Å². The summed E-state index contributed by atoms with van der Waals surface area (Å²) in [5.41, 5.74) is 3.26. The van der Waals surface area contributed by atoms with Gasteiger partial charge in [-0.15, -0.1) is 0 Å². The molecule has 0 bridgehead atoms. The Bertz CT molecular complexity index is 912. The van der Waals surface area contributed by atoms with Crippen LogP contribution in [0.4, 0.5) is 5.69 Å². The summed E-state index contributed by atoms with van der Waals surface area (Å²) in [5.74, 6) is -0.0673. The highest BCUT2D eigenvalue weighted by molar-refractivity contribution is 5.85. The quantitative estimate of drug-likeness (QED) is 0.346. The summed E-state index contributed by atoms with van der Waals surface area (Å²) in [6.07, 6.45) is 2.25. The van der Waals surface area contributed by atoms with Crippen LogP contribution in [0.25, 0.3) is 0 Å². The molecule has 1 amide bonds. The number of carbonyl (C=O) groups excluding carboxylic acids is 1. The number of hydrogen-bond donors (Lipinski definition) is 2. The number of nitro groups is 1. The van der Waals surface area contributed by atoms with Gasteiger partial charge in [-0.3, -0.25) is 14.9 Å². The van der Waals surface area contributed by atoms with Crippen molar-refractivity contribution in [1.82, 2.24) is 5.43 Å². The molecule has 9 nitrogen and oxygen atoms in total. The highest BCUT2D eigenvalue weighted by Crippen LogP contribution is 2.36. The molecule has 0 unspecified atom stereocenters. The standard InChI is InChI=1S/C21H25N3O6/c1-4-14(3)16-6-8-17(9-7-16)30-13-20(25)23-22-12-15-10-18(24(27)28)21(26)19(11-15)29-5-2/h6-12,14,26H,4-5,13H2,1-3H3,(H,23,25)/b22-12-/t14-/m1/s1. The Kier molecular flexibility index (Phi) is 8.16. The van der Waals surface area contributed by atoms with Crippen LogP contribution in [0.3, 0.4) is 0 Å². The zero-order valence-corrected chi connectivity index (χ0v) is 17.1. The summed E-state index contributed by atoms with van der Waals surface area (Å²) in [7, 11) is 0. The number of benzene rings is 2. The zero-order chi connectivity index (χ0) is 22.1. The van der Waals surface area contributed by atoms with Crippen LogP contribution in [0.1, 0.15) is 44.2 Å². The number of nitro benzene ring substituents is 1. The minimum absolute atomic E-state index is 0.0383. The van der Waals surface area contributed by atoms with E-state index in [9.17, 15) is 20.0 Å². The lowest BCUT2D eigenvalue weighted by atomic mass is 9.99. The maximum absolute atomic E-state index is 11.9. The van der Waals surface area contributed by atoms with E-state index in [1.54, 1.807) is 6.92 Å². The first-order valence-corrected chi connectivity index (χ1v) is 9.54. The van der Waals surface area contributed by atoms with Crippen LogP contribution in [0.15, 0.2) is 41.5 Å². The Morgan fingerprint density at radius 2 is 1.97 bits per heavy atom. The summed E-state index contributed by atoms with van der Waals surface area (Å²) in [5, 5.41) is 24.7. The molecule has 1 atom stereocenters. The summed E-state index contributed by atoms with van der Waals surface area (Å²) in [6.45, 7) is 5.93. The van der Waals surface area contributed by atoms with Gasteiger partial charge in [0, 0.05) is 11.6 Å². The van der Waals surface area contributed by atoms with Gasteiger partial charge in [-0.2, -0.15) is 5.10 Å². The molecule has 2 N–H and O–H groups in total. The van der Waals surface area contributed by atoms with Gasteiger partial charge in [-0.05, 0) is 43.0 Å². The van der Waals surface area contributed by atoms with Crippen molar-refractivity contribution in [2.24, 2.45) is 5.10 Å². The number of nitrogens with zero attached hydrogens (tertiary/aromatic N) is 2. The predicted octanol–water partition coefficient (Wildman–Crippen LogP) is 3.74. The highest BCUT2D eigenvalue weighted by Gasteiger charge is 2.19. The summed E-state index contributed by atoms with van der Waals surface area (Å²) in [6, 6.07) is 10.1. The maximum atomic E-state index is 11.9. The average molecular weight is 415 g/mol. The van der Waals surface area contributed by atoms with Crippen molar-refractivity contribution in [3.63, 3.8) is 0 Å². The van der Waals surface area contributed by atoms with Crippen molar-refractivity contribution in [3.05, 3.63) is 57.6 Å². The molecular weight excluding hydrogens is 390 g/mol. The lowest BCUT2D eigenvalue weighted by Crippen LogP contribution is -2.24. The van der Waals surface area contributed by atoms with Gasteiger partial charge in [0.05, 0.1) is 17.7 Å². The molecule has 0 fully saturated rings. The molecule has 9 heteroatoms. The fourth-order valence-electron chi connectivity index (χ4n) is 2.58. The topological polar surface area (TPSA) is 123 Å². The van der Waals surface area contributed by atoms with E-state index in [4.69, 9.17) is 9.47 Å².